The largest absolute Gasteiger partial charge is 0.396 e. The van der Waals surface area contributed by atoms with Gasteiger partial charge >= 0.3 is 0 Å². The van der Waals surface area contributed by atoms with Crippen LogP contribution in [0.1, 0.15) is 52.9 Å². The quantitative estimate of drug-likeness (QED) is 0.731. The van der Waals surface area contributed by atoms with Gasteiger partial charge < -0.3 is 10.2 Å². The first-order valence-electron chi connectivity index (χ1n) is 9.26. The summed E-state index contributed by atoms with van der Waals surface area (Å²) in [6, 6.07) is 0. The Bertz CT molecular complexity index is 569. The molecule has 3 saturated carbocycles. The van der Waals surface area contributed by atoms with Gasteiger partial charge in [-0.2, -0.15) is 0 Å². The van der Waals surface area contributed by atoms with Crippen molar-refractivity contribution < 1.29 is 15.0 Å². The van der Waals surface area contributed by atoms with E-state index in [2.05, 4.69) is 32.9 Å². The Labute approximate surface area is 139 Å². The summed E-state index contributed by atoms with van der Waals surface area (Å²) in [5.41, 5.74) is -0.600. The zero-order chi connectivity index (χ0) is 16.6. The molecule has 2 bridgehead atoms. The van der Waals surface area contributed by atoms with Crippen LogP contribution < -0.4 is 0 Å². The van der Waals surface area contributed by atoms with Crippen LogP contribution >= 0.6 is 0 Å². The lowest BCUT2D eigenvalue weighted by atomic mass is 9.41. The zero-order valence-electron chi connectivity index (χ0n) is 14.6. The lowest BCUT2D eigenvalue weighted by molar-refractivity contribution is -0.185. The van der Waals surface area contributed by atoms with Crippen molar-refractivity contribution in [2.24, 2.45) is 39.9 Å². The lowest BCUT2D eigenvalue weighted by Gasteiger charge is -2.62. The third kappa shape index (κ3) is 1.93. The van der Waals surface area contributed by atoms with E-state index in [1.54, 1.807) is 0 Å². The first-order valence-corrected chi connectivity index (χ1v) is 9.26. The maximum absolute atomic E-state index is 13.1. The molecule has 0 aromatic heterocycles. The smallest absolute Gasteiger partial charge is 0.167 e. The van der Waals surface area contributed by atoms with Crippen LogP contribution in [0.2, 0.25) is 0 Å². The van der Waals surface area contributed by atoms with Crippen molar-refractivity contribution in [1.29, 1.82) is 0 Å². The minimum Gasteiger partial charge on any atom is -0.396 e. The van der Waals surface area contributed by atoms with Crippen LogP contribution in [-0.4, -0.2) is 28.7 Å². The average Bonchev–Trinajstić information content (AvgIpc) is 2.82. The number of hydrogen-bond acceptors (Lipinski definition) is 3. The summed E-state index contributed by atoms with van der Waals surface area (Å²) >= 11 is 0. The van der Waals surface area contributed by atoms with Gasteiger partial charge in [0.25, 0.3) is 0 Å². The van der Waals surface area contributed by atoms with Crippen molar-refractivity contribution in [3.63, 3.8) is 0 Å². The predicted octanol–water partition coefficient (Wildman–Crippen LogP) is 2.95. The number of ketones is 1. The van der Waals surface area contributed by atoms with E-state index in [1.807, 2.05) is 0 Å². The Morgan fingerprint density at radius 2 is 1.91 bits per heavy atom. The van der Waals surface area contributed by atoms with Crippen molar-refractivity contribution in [3.05, 3.63) is 12.2 Å². The highest BCUT2D eigenvalue weighted by Gasteiger charge is 2.65. The van der Waals surface area contributed by atoms with Crippen LogP contribution in [0.3, 0.4) is 0 Å². The summed E-state index contributed by atoms with van der Waals surface area (Å²) in [6.07, 6.45) is 8.72. The average molecular weight is 318 g/mol. The monoisotopic (exact) mass is 318 g/mol. The molecular formula is C20H30O3. The highest BCUT2D eigenvalue weighted by molar-refractivity contribution is 5.90. The van der Waals surface area contributed by atoms with Crippen LogP contribution in [0.5, 0.6) is 0 Å². The molecule has 0 heterocycles. The maximum Gasteiger partial charge on any atom is 0.167 e. The lowest BCUT2D eigenvalue weighted by Crippen LogP contribution is -2.63. The van der Waals surface area contributed by atoms with E-state index in [0.29, 0.717) is 24.2 Å². The van der Waals surface area contributed by atoms with E-state index in [-0.39, 0.29) is 29.1 Å². The molecule has 2 N–H and O–H groups in total. The van der Waals surface area contributed by atoms with Gasteiger partial charge in [-0.15, -0.1) is 0 Å². The molecular weight excluding hydrogens is 288 g/mol. The minimum atomic E-state index is -0.910. The molecule has 0 aliphatic heterocycles. The van der Waals surface area contributed by atoms with Gasteiger partial charge in [0.15, 0.2) is 5.78 Å². The van der Waals surface area contributed by atoms with Crippen molar-refractivity contribution in [3.8, 4) is 0 Å². The molecule has 0 amide bonds. The van der Waals surface area contributed by atoms with Crippen molar-refractivity contribution in [2.75, 3.05) is 6.61 Å². The zero-order valence-corrected chi connectivity index (χ0v) is 14.6. The molecule has 8 atom stereocenters. The number of carbonyl (C=O) groups is 1. The van der Waals surface area contributed by atoms with Gasteiger partial charge in [0.1, 0.15) is 6.10 Å². The number of hydrogen-bond donors (Lipinski definition) is 2. The normalized spacial score (nSPS) is 58.0. The van der Waals surface area contributed by atoms with Crippen LogP contribution in [0.15, 0.2) is 12.2 Å². The van der Waals surface area contributed by atoms with Crippen LogP contribution in [-0.2, 0) is 4.79 Å². The van der Waals surface area contributed by atoms with E-state index < -0.39 is 11.5 Å². The number of carbonyl (C=O) groups excluding carboxylic acids is 1. The maximum atomic E-state index is 13.1. The standard InChI is InChI=1S/C20H30O3/c1-18-7-6-12(8-18)13-4-5-16-19(2,11-21)10-15(22)17(23)20(16,3)14(13)9-18/h6-7,12-16,21-22H,4-5,8-11H2,1-3H3/t12-,13+,14+,15-,16+,18+,19-,20-/m0/s1. The third-order valence-corrected chi connectivity index (χ3v) is 8.18. The Balaban J connectivity index is 1.79. The molecule has 4 aliphatic carbocycles. The summed E-state index contributed by atoms with van der Waals surface area (Å²) in [4.78, 5) is 13.1. The number of aliphatic hydroxyl groups excluding tert-OH is 2. The third-order valence-electron chi connectivity index (χ3n) is 8.18. The van der Waals surface area contributed by atoms with Gasteiger partial charge in [0.05, 0.1) is 0 Å². The first kappa shape index (κ1) is 15.8. The van der Waals surface area contributed by atoms with E-state index >= 15 is 0 Å². The van der Waals surface area contributed by atoms with Crippen LogP contribution in [0.25, 0.3) is 0 Å². The number of fused-ring (bicyclic) bond motifs is 6. The molecule has 3 nitrogen and oxygen atoms in total. The summed E-state index contributed by atoms with van der Waals surface area (Å²) in [5.74, 6) is 1.75. The van der Waals surface area contributed by atoms with Gasteiger partial charge in [-0.25, -0.2) is 0 Å². The predicted molar refractivity (Wildman–Crippen MR) is 88.6 cm³/mol. The Hall–Kier alpha value is -0.670. The van der Waals surface area contributed by atoms with Crippen molar-refractivity contribution in [1.82, 2.24) is 0 Å². The second-order valence-electron chi connectivity index (χ2n) is 9.66. The van der Waals surface area contributed by atoms with E-state index in [4.69, 9.17) is 0 Å². The number of rotatable bonds is 1. The molecule has 3 fully saturated rings. The minimum absolute atomic E-state index is 0.0491. The van der Waals surface area contributed by atoms with Gasteiger partial charge in [-0.1, -0.05) is 32.9 Å². The highest BCUT2D eigenvalue weighted by Crippen LogP contribution is 2.66. The van der Waals surface area contributed by atoms with Gasteiger partial charge in [-0.05, 0) is 66.6 Å². The Morgan fingerprint density at radius 1 is 1.17 bits per heavy atom. The molecule has 4 aliphatic rings. The molecule has 0 saturated heterocycles. The molecule has 128 valence electrons. The molecule has 23 heavy (non-hydrogen) atoms. The molecule has 0 aromatic carbocycles. The van der Waals surface area contributed by atoms with Gasteiger partial charge in [0, 0.05) is 12.0 Å². The Kier molecular flexibility index (Phi) is 3.23. The summed E-state index contributed by atoms with van der Waals surface area (Å²) < 4.78 is 0. The SMILES string of the molecule is C[C@@]12C=C[C@@H](C1)[C@H]1CC[C@@H]3[C@](C)(CO)C[C@H](O)C(=O)[C@@]3(C)[C@@H]1C2. The molecule has 0 spiro atoms. The van der Waals surface area contributed by atoms with Crippen LogP contribution in [0.4, 0.5) is 0 Å². The van der Waals surface area contributed by atoms with E-state index in [9.17, 15) is 15.0 Å². The van der Waals surface area contributed by atoms with E-state index in [0.717, 1.165) is 19.3 Å². The molecule has 0 radical (unpaired) electrons. The van der Waals surface area contributed by atoms with Gasteiger partial charge in [0.2, 0.25) is 0 Å². The fourth-order valence-corrected chi connectivity index (χ4v) is 7.05. The molecule has 4 rings (SSSR count). The second kappa shape index (κ2) is 4.70. The fraction of sp³-hybridized carbons (Fsp3) is 0.850. The van der Waals surface area contributed by atoms with Gasteiger partial charge in [-0.3, -0.25) is 4.79 Å². The number of allylic oxidation sites excluding steroid dienone is 2. The number of aliphatic hydroxyl groups is 2. The fourth-order valence-electron chi connectivity index (χ4n) is 7.05. The molecule has 3 heteroatoms. The first-order chi connectivity index (χ1) is 10.7. The number of Topliss-reactive ketones (excluding diaryl/α,β-unsaturated/α-hetero) is 1. The van der Waals surface area contributed by atoms with Crippen molar-refractivity contribution >= 4 is 5.78 Å². The van der Waals surface area contributed by atoms with Crippen LogP contribution in [0, 0.1) is 39.9 Å². The molecule has 0 aromatic rings. The molecule has 0 unspecified atom stereocenters. The van der Waals surface area contributed by atoms with Crippen molar-refractivity contribution in [2.45, 2.75) is 59.0 Å². The van der Waals surface area contributed by atoms with E-state index in [1.165, 1.54) is 6.42 Å². The summed E-state index contributed by atoms with van der Waals surface area (Å²) in [5, 5.41) is 20.5. The Morgan fingerprint density at radius 3 is 2.61 bits per heavy atom. The summed E-state index contributed by atoms with van der Waals surface area (Å²) in [6.45, 7) is 6.57. The summed E-state index contributed by atoms with van der Waals surface area (Å²) in [7, 11) is 0. The topological polar surface area (TPSA) is 57.5 Å². The second-order valence-corrected chi connectivity index (χ2v) is 9.66. The highest BCUT2D eigenvalue weighted by atomic mass is 16.3.